The summed E-state index contributed by atoms with van der Waals surface area (Å²) in [5.74, 6) is 0.00991. The van der Waals surface area contributed by atoms with Crippen LogP contribution in [0.1, 0.15) is 12.8 Å². The van der Waals surface area contributed by atoms with E-state index >= 15 is 0 Å². The van der Waals surface area contributed by atoms with Crippen molar-refractivity contribution in [1.29, 1.82) is 5.26 Å². The molecule has 0 heterocycles. The van der Waals surface area contributed by atoms with Gasteiger partial charge < -0.3 is 4.74 Å². The lowest BCUT2D eigenvalue weighted by atomic mass is 9.72. The zero-order valence-corrected chi connectivity index (χ0v) is 5.93. The van der Waals surface area contributed by atoms with Crippen molar-refractivity contribution < 1.29 is 9.13 Å². The summed E-state index contributed by atoms with van der Waals surface area (Å²) in [6, 6.07) is 2.08. The van der Waals surface area contributed by atoms with Gasteiger partial charge in [0.2, 0.25) is 0 Å². The van der Waals surface area contributed by atoms with Gasteiger partial charge in [0, 0.05) is 7.11 Å². The SMILES string of the molecule is CO[C@]1(CF)C[C@@H](C#N)C1. The number of alkyl halides is 1. The van der Waals surface area contributed by atoms with Gasteiger partial charge in [0.25, 0.3) is 0 Å². The Kier molecular flexibility index (Phi) is 1.91. The van der Waals surface area contributed by atoms with Gasteiger partial charge in [-0.2, -0.15) is 5.26 Å². The van der Waals surface area contributed by atoms with E-state index in [1.807, 2.05) is 0 Å². The van der Waals surface area contributed by atoms with Gasteiger partial charge >= 0.3 is 0 Å². The Hall–Kier alpha value is -0.620. The van der Waals surface area contributed by atoms with Gasteiger partial charge in [-0.1, -0.05) is 0 Å². The number of nitrogens with zero attached hydrogens (tertiary/aromatic N) is 1. The van der Waals surface area contributed by atoms with Crippen molar-refractivity contribution in [2.45, 2.75) is 18.4 Å². The predicted molar refractivity (Wildman–Crippen MR) is 34.1 cm³/mol. The van der Waals surface area contributed by atoms with E-state index in [4.69, 9.17) is 10.00 Å². The van der Waals surface area contributed by atoms with Crippen LogP contribution < -0.4 is 0 Å². The second-order valence-corrected chi connectivity index (χ2v) is 2.76. The number of nitriles is 1. The summed E-state index contributed by atoms with van der Waals surface area (Å²) >= 11 is 0. The van der Waals surface area contributed by atoms with Crippen molar-refractivity contribution in [3.05, 3.63) is 0 Å². The Labute approximate surface area is 59.6 Å². The molecule has 0 spiro atoms. The number of ether oxygens (including phenoxy) is 1. The van der Waals surface area contributed by atoms with E-state index in [2.05, 4.69) is 6.07 Å². The second-order valence-electron chi connectivity index (χ2n) is 2.76. The zero-order chi connectivity index (χ0) is 7.61. The largest absolute Gasteiger partial charge is 0.375 e. The molecule has 3 heteroatoms. The maximum absolute atomic E-state index is 12.2. The summed E-state index contributed by atoms with van der Waals surface area (Å²) < 4.78 is 17.1. The van der Waals surface area contributed by atoms with Crippen LogP contribution in [0.4, 0.5) is 4.39 Å². The highest BCUT2D eigenvalue weighted by molar-refractivity contribution is 5.04. The van der Waals surface area contributed by atoms with Gasteiger partial charge in [-0.3, -0.25) is 0 Å². The molecule has 1 rings (SSSR count). The molecule has 56 valence electrons. The number of halogens is 1. The highest BCUT2D eigenvalue weighted by Crippen LogP contribution is 2.40. The Balaban J connectivity index is 2.40. The molecule has 0 aromatic carbocycles. The second kappa shape index (κ2) is 2.55. The zero-order valence-electron chi connectivity index (χ0n) is 5.93. The van der Waals surface area contributed by atoms with Crippen LogP contribution in [0.3, 0.4) is 0 Å². The first kappa shape index (κ1) is 7.49. The first-order chi connectivity index (χ1) is 4.76. The summed E-state index contributed by atoms with van der Waals surface area (Å²) in [6.07, 6.45) is 1.10. The number of rotatable bonds is 2. The molecule has 0 aromatic heterocycles. The molecule has 0 saturated heterocycles. The first-order valence-electron chi connectivity index (χ1n) is 3.27. The van der Waals surface area contributed by atoms with Crippen LogP contribution in [-0.2, 0) is 4.74 Å². The van der Waals surface area contributed by atoms with Gasteiger partial charge in [-0.05, 0) is 12.8 Å². The fourth-order valence-electron chi connectivity index (χ4n) is 1.26. The molecule has 0 atom stereocenters. The van der Waals surface area contributed by atoms with Crippen molar-refractivity contribution in [3.63, 3.8) is 0 Å². The molecule has 0 amide bonds. The smallest absolute Gasteiger partial charge is 0.118 e. The van der Waals surface area contributed by atoms with Crippen molar-refractivity contribution in [3.8, 4) is 6.07 Å². The van der Waals surface area contributed by atoms with Crippen LogP contribution >= 0.6 is 0 Å². The van der Waals surface area contributed by atoms with E-state index in [0.29, 0.717) is 12.8 Å². The number of hydrogen-bond acceptors (Lipinski definition) is 2. The summed E-state index contributed by atoms with van der Waals surface area (Å²) in [5, 5.41) is 8.38. The predicted octanol–water partition coefficient (Wildman–Crippen LogP) is 1.27. The lowest BCUT2D eigenvalue weighted by molar-refractivity contribution is -0.104. The van der Waals surface area contributed by atoms with E-state index in [1.54, 1.807) is 0 Å². The van der Waals surface area contributed by atoms with Crippen LogP contribution in [0.25, 0.3) is 0 Å². The molecule has 1 saturated carbocycles. The van der Waals surface area contributed by atoms with Crippen LogP contribution in [0.2, 0.25) is 0 Å². The van der Waals surface area contributed by atoms with Crippen molar-refractivity contribution >= 4 is 0 Å². The third-order valence-corrected chi connectivity index (χ3v) is 2.10. The third-order valence-electron chi connectivity index (χ3n) is 2.10. The molecule has 1 aliphatic carbocycles. The Bertz CT molecular complexity index is 151. The maximum atomic E-state index is 12.2. The molecule has 0 radical (unpaired) electrons. The number of methoxy groups -OCH3 is 1. The van der Waals surface area contributed by atoms with E-state index in [0.717, 1.165) is 0 Å². The summed E-state index contributed by atoms with van der Waals surface area (Å²) in [4.78, 5) is 0. The molecule has 10 heavy (non-hydrogen) atoms. The molecule has 0 aliphatic heterocycles. The van der Waals surface area contributed by atoms with Crippen molar-refractivity contribution in [2.75, 3.05) is 13.8 Å². The molecule has 0 bridgehead atoms. The average molecular weight is 143 g/mol. The Morgan fingerprint density at radius 2 is 2.40 bits per heavy atom. The number of hydrogen-bond donors (Lipinski definition) is 0. The minimum absolute atomic E-state index is 0.00991. The third kappa shape index (κ3) is 0.994. The van der Waals surface area contributed by atoms with Crippen molar-refractivity contribution in [2.24, 2.45) is 5.92 Å². The van der Waals surface area contributed by atoms with Crippen molar-refractivity contribution in [1.82, 2.24) is 0 Å². The Morgan fingerprint density at radius 1 is 1.80 bits per heavy atom. The summed E-state index contributed by atoms with van der Waals surface area (Å²) in [6.45, 7) is -0.471. The summed E-state index contributed by atoms with van der Waals surface area (Å²) in [7, 11) is 1.49. The molecule has 0 aromatic rings. The lowest BCUT2D eigenvalue weighted by Crippen LogP contribution is -2.46. The molecule has 2 nitrogen and oxygen atoms in total. The maximum Gasteiger partial charge on any atom is 0.118 e. The van der Waals surface area contributed by atoms with Crippen LogP contribution in [0, 0.1) is 17.2 Å². The highest BCUT2D eigenvalue weighted by atomic mass is 19.1. The molecular formula is C7H10FNO. The van der Waals surface area contributed by atoms with E-state index in [9.17, 15) is 4.39 Å². The van der Waals surface area contributed by atoms with Crippen LogP contribution in [-0.4, -0.2) is 19.4 Å². The fourth-order valence-corrected chi connectivity index (χ4v) is 1.26. The summed E-state index contributed by atoms with van der Waals surface area (Å²) in [5.41, 5.74) is -0.611. The molecule has 0 unspecified atom stereocenters. The quantitative estimate of drug-likeness (QED) is 0.583. The molecule has 1 fully saturated rings. The van der Waals surface area contributed by atoms with Gasteiger partial charge in [-0.15, -0.1) is 0 Å². The lowest BCUT2D eigenvalue weighted by Gasteiger charge is -2.41. The van der Waals surface area contributed by atoms with E-state index < -0.39 is 12.3 Å². The van der Waals surface area contributed by atoms with Gasteiger partial charge in [0.05, 0.1) is 17.6 Å². The first-order valence-corrected chi connectivity index (χ1v) is 3.27. The normalized spacial score (nSPS) is 38.3. The highest BCUT2D eigenvalue weighted by Gasteiger charge is 2.44. The van der Waals surface area contributed by atoms with E-state index in [-0.39, 0.29) is 5.92 Å². The van der Waals surface area contributed by atoms with Crippen LogP contribution in [0.5, 0.6) is 0 Å². The molecule has 1 aliphatic rings. The van der Waals surface area contributed by atoms with Crippen LogP contribution in [0.15, 0.2) is 0 Å². The minimum Gasteiger partial charge on any atom is -0.375 e. The fraction of sp³-hybridized carbons (Fsp3) is 0.857. The molecular weight excluding hydrogens is 133 g/mol. The standard InChI is InChI=1S/C7H10FNO/c1-10-7(5-8)2-6(3-7)4-9/h6H,2-3,5H2,1H3/t6-,7-. The van der Waals surface area contributed by atoms with E-state index in [1.165, 1.54) is 7.11 Å². The van der Waals surface area contributed by atoms with Gasteiger partial charge in [-0.25, -0.2) is 4.39 Å². The topological polar surface area (TPSA) is 33.0 Å². The monoisotopic (exact) mass is 143 g/mol. The van der Waals surface area contributed by atoms with Gasteiger partial charge in [0.15, 0.2) is 0 Å². The Morgan fingerprint density at radius 3 is 2.70 bits per heavy atom. The minimum atomic E-state index is -0.611. The average Bonchev–Trinajstić information content (AvgIpc) is 1.89. The molecule has 0 N–H and O–H groups in total. The van der Waals surface area contributed by atoms with Gasteiger partial charge in [0.1, 0.15) is 6.67 Å².